The Balaban J connectivity index is 2.28. The van der Waals surface area contributed by atoms with E-state index in [2.05, 4.69) is 12.1 Å². The number of fused-ring (bicyclic) bond motifs is 1. The van der Waals surface area contributed by atoms with Crippen LogP contribution in [0.3, 0.4) is 0 Å². The van der Waals surface area contributed by atoms with Crippen LogP contribution in [0.4, 0.5) is 0 Å². The summed E-state index contributed by atoms with van der Waals surface area (Å²) in [6, 6.07) is 12.2. The number of Topliss-reactive ketones (excluding diaryl/α,β-unsaturated/α-hetero) is 1. The zero-order valence-corrected chi connectivity index (χ0v) is 10.7. The van der Waals surface area contributed by atoms with Crippen LogP contribution in [-0.2, 0) is 4.79 Å². The molecule has 0 aromatic heterocycles. The molecule has 2 aromatic rings. The van der Waals surface area contributed by atoms with Gasteiger partial charge in [0, 0.05) is 4.90 Å². The Bertz CT molecular complexity index is 549. The second kappa shape index (κ2) is 5.23. The molecule has 0 fully saturated rings. The quantitative estimate of drug-likeness (QED) is 0.772. The van der Waals surface area contributed by atoms with Crippen molar-refractivity contribution in [3.8, 4) is 5.75 Å². The molecule has 0 unspecified atom stereocenters. The van der Waals surface area contributed by atoms with E-state index in [1.807, 2.05) is 24.3 Å². The minimum atomic E-state index is 0.199. The van der Waals surface area contributed by atoms with Gasteiger partial charge in [-0.3, -0.25) is 4.79 Å². The summed E-state index contributed by atoms with van der Waals surface area (Å²) in [5, 5.41) is 2.32. The highest BCUT2D eigenvalue weighted by Crippen LogP contribution is 2.26. The summed E-state index contributed by atoms with van der Waals surface area (Å²) in [7, 11) is 1.66. The fraction of sp³-hybridized carbons (Fsp3) is 0.214. The van der Waals surface area contributed by atoms with Gasteiger partial charge >= 0.3 is 0 Å². The third-order valence-electron chi connectivity index (χ3n) is 2.46. The maximum atomic E-state index is 10.9. The summed E-state index contributed by atoms with van der Waals surface area (Å²) in [5.41, 5.74) is 0. The lowest BCUT2D eigenvalue weighted by Crippen LogP contribution is -1.92. The van der Waals surface area contributed by atoms with Crippen LogP contribution in [0, 0.1) is 0 Å². The van der Waals surface area contributed by atoms with E-state index in [1.165, 1.54) is 5.39 Å². The van der Waals surface area contributed by atoms with Crippen LogP contribution in [0.5, 0.6) is 5.75 Å². The van der Waals surface area contributed by atoms with E-state index in [0.717, 1.165) is 16.0 Å². The predicted octanol–water partition coefficient (Wildman–Crippen LogP) is 3.53. The molecule has 0 spiro atoms. The Labute approximate surface area is 105 Å². The molecule has 0 atom stereocenters. The Morgan fingerprint density at radius 2 is 1.88 bits per heavy atom. The highest BCUT2D eigenvalue weighted by atomic mass is 32.2. The molecular formula is C14H14O2S. The molecule has 0 aliphatic heterocycles. The maximum absolute atomic E-state index is 10.9. The molecule has 17 heavy (non-hydrogen) atoms. The monoisotopic (exact) mass is 246 g/mol. The SMILES string of the molecule is COc1ccc2cc(SCC(C)=O)ccc2c1. The van der Waals surface area contributed by atoms with Crippen molar-refractivity contribution in [2.24, 2.45) is 0 Å². The minimum absolute atomic E-state index is 0.199. The molecule has 0 heterocycles. The Morgan fingerprint density at radius 3 is 2.59 bits per heavy atom. The van der Waals surface area contributed by atoms with Gasteiger partial charge in [-0.05, 0) is 42.0 Å². The first-order chi connectivity index (χ1) is 8.19. The number of rotatable bonds is 4. The lowest BCUT2D eigenvalue weighted by molar-refractivity contribution is -0.114. The topological polar surface area (TPSA) is 26.3 Å². The fourth-order valence-corrected chi connectivity index (χ4v) is 2.35. The first-order valence-corrected chi connectivity index (χ1v) is 6.37. The molecule has 3 heteroatoms. The summed E-state index contributed by atoms with van der Waals surface area (Å²) < 4.78 is 5.18. The van der Waals surface area contributed by atoms with Crippen molar-refractivity contribution in [3.63, 3.8) is 0 Å². The van der Waals surface area contributed by atoms with Gasteiger partial charge in [-0.25, -0.2) is 0 Å². The van der Waals surface area contributed by atoms with Gasteiger partial charge in [0.2, 0.25) is 0 Å². The Kier molecular flexibility index (Phi) is 3.69. The van der Waals surface area contributed by atoms with Crippen molar-refractivity contribution in [2.75, 3.05) is 12.9 Å². The van der Waals surface area contributed by atoms with Gasteiger partial charge in [-0.1, -0.05) is 12.1 Å². The summed E-state index contributed by atoms with van der Waals surface area (Å²) >= 11 is 1.57. The van der Waals surface area contributed by atoms with Crippen molar-refractivity contribution >= 4 is 28.3 Å². The highest BCUT2D eigenvalue weighted by Gasteiger charge is 2.00. The molecule has 0 aliphatic carbocycles. The molecule has 2 nitrogen and oxygen atoms in total. The predicted molar refractivity (Wildman–Crippen MR) is 71.9 cm³/mol. The van der Waals surface area contributed by atoms with Gasteiger partial charge in [0.25, 0.3) is 0 Å². The largest absolute Gasteiger partial charge is 0.497 e. The molecule has 0 saturated carbocycles. The van der Waals surface area contributed by atoms with E-state index < -0.39 is 0 Å². The lowest BCUT2D eigenvalue weighted by Gasteiger charge is -2.04. The number of hydrogen-bond acceptors (Lipinski definition) is 3. The van der Waals surface area contributed by atoms with Crippen molar-refractivity contribution in [1.82, 2.24) is 0 Å². The number of ketones is 1. The van der Waals surface area contributed by atoms with Crippen molar-refractivity contribution in [3.05, 3.63) is 36.4 Å². The van der Waals surface area contributed by atoms with E-state index in [0.29, 0.717) is 5.75 Å². The third-order valence-corrected chi connectivity index (χ3v) is 3.60. The van der Waals surface area contributed by atoms with E-state index >= 15 is 0 Å². The molecule has 2 rings (SSSR count). The Hall–Kier alpha value is -1.48. The normalized spacial score (nSPS) is 10.5. The molecule has 0 saturated heterocycles. The van der Waals surface area contributed by atoms with E-state index in [1.54, 1.807) is 25.8 Å². The lowest BCUT2D eigenvalue weighted by atomic mass is 10.1. The molecule has 0 radical (unpaired) electrons. The molecule has 2 aromatic carbocycles. The number of methoxy groups -OCH3 is 1. The molecular weight excluding hydrogens is 232 g/mol. The summed E-state index contributed by atoms with van der Waals surface area (Å²) in [6.45, 7) is 1.61. The average molecular weight is 246 g/mol. The smallest absolute Gasteiger partial charge is 0.140 e. The molecule has 88 valence electrons. The maximum Gasteiger partial charge on any atom is 0.140 e. The summed E-state index contributed by atoms with van der Waals surface area (Å²) in [6.07, 6.45) is 0. The van der Waals surface area contributed by atoms with Crippen LogP contribution in [0.2, 0.25) is 0 Å². The molecule has 0 amide bonds. The second-order valence-corrected chi connectivity index (χ2v) is 4.91. The minimum Gasteiger partial charge on any atom is -0.497 e. The van der Waals surface area contributed by atoms with Gasteiger partial charge in [0.15, 0.2) is 0 Å². The van der Waals surface area contributed by atoms with Gasteiger partial charge in [0.05, 0.1) is 12.9 Å². The average Bonchev–Trinajstić information content (AvgIpc) is 2.35. The van der Waals surface area contributed by atoms with Crippen LogP contribution < -0.4 is 4.74 Å². The molecule has 0 aliphatic rings. The van der Waals surface area contributed by atoms with Crippen LogP contribution in [0.15, 0.2) is 41.3 Å². The number of benzene rings is 2. The van der Waals surface area contributed by atoms with Crippen LogP contribution in [0.25, 0.3) is 10.8 Å². The van der Waals surface area contributed by atoms with Gasteiger partial charge in [-0.15, -0.1) is 11.8 Å². The Morgan fingerprint density at radius 1 is 1.18 bits per heavy atom. The number of hydrogen-bond donors (Lipinski definition) is 0. The summed E-state index contributed by atoms with van der Waals surface area (Å²) in [5.74, 6) is 1.59. The van der Waals surface area contributed by atoms with Crippen molar-refractivity contribution < 1.29 is 9.53 Å². The van der Waals surface area contributed by atoms with Crippen LogP contribution in [0.1, 0.15) is 6.92 Å². The first-order valence-electron chi connectivity index (χ1n) is 5.39. The van der Waals surface area contributed by atoms with E-state index in [4.69, 9.17) is 4.74 Å². The fourth-order valence-electron chi connectivity index (χ4n) is 1.60. The summed E-state index contributed by atoms with van der Waals surface area (Å²) in [4.78, 5) is 12.0. The zero-order valence-electron chi connectivity index (χ0n) is 9.90. The number of thioether (sulfide) groups is 1. The molecule has 0 bridgehead atoms. The van der Waals surface area contributed by atoms with E-state index in [9.17, 15) is 4.79 Å². The van der Waals surface area contributed by atoms with Gasteiger partial charge in [-0.2, -0.15) is 0 Å². The third kappa shape index (κ3) is 3.01. The zero-order chi connectivity index (χ0) is 12.3. The number of carbonyl (C=O) groups is 1. The van der Waals surface area contributed by atoms with Gasteiger partial charge in [0.1, 0.15) is 11.5 Å². The molecule has 0 N–H and O–H groups in total. The standard InChI is InChI=1S/C14H14O2S/c1-10(15)9-17-14-6-4-11-7-13(16-2)5-3-12(11)8-14/h3-8H,9H2,1-2H3. The number of carbonyl (C=O) groups excluding carboxylic acids is 1. The first kappa shape index (κ1) is 12.0. The highest BCUT2D eigenvalue weighted by molar-refractivity contribution is 8.00. The number of ether oxygens (including phenoxy) is 1. The van der Waals surface area contributed by atoms with Gasteiger partial charge < -0.3 is 4.74 Å². The van der Waals surface area contributed by atoms with Crippen molar-refractivity contribution in [1.29, 1.82) is 0 Å². The second-order valence-electron chi connectivity index (χ2n) is 3.87. The van der Waals surface area contributed by atoms with Crippen molar-refractivity contribution in [2.45, 2.75) is 11.8 Å². The van der Waals surface area contributed by atoms with Crippen LogP contribution >= 0.6 is 11.8 Å². The van der Waals surface area contributed by atoms with Crippen LogP contribution in [-0.4, -0.2) is 18.6 Å². The van der Waals surface area contributed by atoms with E-state index in [-0.39, 0.29) is 5.78 Å².